The van der Waals surface area contributed by atoms with E-state index in [0.717, 1.165) is 17.1 Å². The summed E-state index contributed by atoms with van der Waals surface area (Å²) in [5, 5.41) is 7.65. The zero-order valence-electron chi connectivity index (χ0n) is 24.3. The van der Waals surface area contributed by atoms with Gasteiger partial charge in [0.15, 0.2) is 8.32 Å². The van der Waals surface area contributed by atoms with Crippen LogP contribution in [0.1, 0.15) is 44.8 Å². The van der Waals surface area contributed by atoms with E-state index in [1.165, 1.54) is 15.9 Å². The Kier molecular flexibility index (Phi) is 13.7. The Labute approximate surface area is 259 Å². The third-order valence-corrected chi connectivity index (χ3v) is 14.6. The van der Waals surface area contributed by atoms with Crippen molar-refractivity contribution in [3.05, 3.63) is 113 Å². The minimum atomic E-state index is -1.69. The molecule has 0 aliphatic carbocycles. The monoisotopic (exact) mass is 687 g/mol. The van der Waals surface area contributed by atoms with Crippen LogP contribution in [0.5, 0.6) is 0 Å². The van der Waals surface area contributed by atoms with Gasteiger partial charge >= 0.3 is 0 Å². The van der Waals surface area contributed by atoms with E-state index in [9.17, 15) is 0 Å². The smallest absolute Gasteiger partial charge is 0.192 e. The molecule has 1 atom stereocenters. The lowest BCUT2D eigenvalue weighted by atomic mass is 10.2. The molecule has 0 aliphatic heterocycles. The van der Waals surface area contributed by atoms with E-state index in [1.807, 2.05) is 6.92 Å². The summed E-state index contributed by atoms with van der Waals surface area (Å²) in [6, 6.07) is 32.3. The molecule has 0 radical (unpaired) electrons. The number of nitrogens with zero attached hydrogens (tertiary/aromatic N) is 1. The zero-order chi connectivity index (χ0) is 27.6. The van der Waals surface area contributed by atoms with Crippen molar-refractivity contribution in [2.45, 2.75) is 65.3 Å². The van der Waals surface area contributed by atoms with Crippen LogP contribution in [-0.4, -0.2) is 19.4 Å². The number of thiazole rings is 1. The molecule has 0 saturated heterocycles. The third-order valence-electron chi connectivity index (χ3n) is 6.82. The van der Waals surface area contributed by atoms with Crippen LogP contribution in [0.25, 0.3) is 6.08 Å². The first-order valence-electron chi connectivity index (χ1n) is 13.3. The number of hydrogen-bond acceptors (Lipinski definition) is 3. The molecule has 0 bridgehead atoms. The molecule has 0 amide bonds. The first-order chi connectivity index (χ1) is 18.1. The number of aromatic nitrogens is 1. The van der Waals surface area contributed by atoms with Crippen LogP contribution in [0, 0.1) is 6.92 Å². The van der Waals surface area contributed by atoms with Gasteiger partial charge in [-0.05, 0) is 61.4 Å². The average molecular weight is 688 g/mol. The second-order valence-corrected chi connectivity index (χ2v) is 18.9. The van der Waals surface area contributed by atoms with Crippen molar-refractivity contribution < 1.29 is 4.43 Å². The molecule has 3 aromatic carbocycles. The second-order valence-electron chi connectivity index (χ2n) is 10.8. The highest BCUT2D eigenvalue weighted by Crippen LogP contribution is 2.38. The Balaban J connectivity index is 0.000000267. The standard InChI is InChI=1S/C18H15P.C15H27NOSSi.HI/c1-4-10-16(11-5-1)19(17-12-6-2-7-13-17)18-14-8-3-9-15-18;1-8-14(17-19(6,7)15(3,4)5)10-9-13-11-18-12(2)16-13;/h1-15H;9-11,14H,8H2,1-7H3;1H/b;10-9+;/t;14-;/m.0./s1. The molecule has 0 aliphatic rings. The maximum absolute atomic E-state index is 6.41. The highest BCUT2D eigenvalue weighted by molar-refractivity contribution is 14.0. The average Bonchev–Trinajstić information content (AvgIpc) is 3.33. The number of hydrogen-bond donors (Lipinski definition) is 0. The van der Waals surface area contributed by atoms with Gasteiger partial charge in [-0.2, -0.15) is 0 Å². The molecule has 1 heterocycles. The summed E-state index contributed by atoms with van der Waals surface area (Å²) in [6.45, 7) is 15.6. The molecule has 6 heteroatoms. The fraction of sp³-hybridized carbons (Fsp3) is 0.303. The molecule has 4 aromatic rings. The quantitative estimate of drug-likeness (QED) is 0.105. The van der Waals surface area contributed by atoms with Gasteiger partial charge in [-0.25, -0.2) is 4.98 Å². The van der Waals surface area contributed by atoms with E-state index in [4.69, 9.17) is 4.43 Å². The van der Waals surface area contributed by atoms with Gasteiger partial charge < -0.3 is 4.43 Å². The van der Waals surface area contributed by atoms with Crippen molar-refractivity contribution >= 4 is 73.5 Å². The van der Waals surface area contributed by atoms with E-state index < -0.39 is 16.2 Å². The van der Waals surface area contributed by atoms with Crippen molar-refractivity contribution in [1.29, 1.82) is 0 Å². The lowest BCUT2D eigenvalue weighted by Gasteiger charge is -2.38. The Hall–Kier alpha value is -1.63. The largest absolute Gasteiger partial charge is 0.411 e. The highest BCUT2D eigenvalue weighted by Gasteiger charge is 2.38. The Bertz CT molecular complexity index is 1160. The topological polar surface area (TPSA) is 22.1 Å². The minimum absolute atomic E-state index is 0. The van der Waals surface area contributed by atoms with E-state index >= 15 is 0 Å². The normalized spacial score (nSPS) is 12.5. The van der Waals surface area contributed by atoms with Gasteiger partial charge in [0, 0.05) is 5.38 Å². The number of rotatable bonds is 8. The Morgan fingerprint density at radius 2 is 1.28 bits per heavy atom. The maximum Gasteiger partial charge on any atom is 0.192 e. The Morgan fingerprint density at radius 1 is 0.846 bits per heavy atom. The fourth-order valence-corrected chi connectivity index (χ4v) is 7.90. The fourth-order valence-electron chi connectivity index (χ4n) is 3.65. The molecule has 1 aromatic heterocycles. The molecular formula is C33H43INOPSSi. The van der Waals surface area contributed by atoms with Crippen LogP contribution in [0.3, 0.4) is 0 Å². The van der Waals surface area contributed by atoms with Gasteiger partial charge in [0.05, 0.1) is 16.8 Å². The molecule has 39 heavy (non-hydrogen) atoms. The summed E-state index contributed by atoms with van der Waals surface area (Å²) in [6.07, 6.45) is 5.45. The molecule has 0 spiro atoms. The summed E-state index contributed by atoms with van der Waals surface area (Å²) in [4.78, 5) is 4.45. The molecule has 0 N–H and O–H groups in total. The van der Waals surface area contributed by atoms with E-state index in [-0.39, 0.29) is 35.1 Å². The van der Waals surface area contributed by atoms with Crippen molar-refractivity contribution in [3.63, 3.8) is 0 Å². The summed E-state index contributed by atoms with van der Waals surface area (Å²) < 4.78 is 6.41. The summed E-state index contributed by atoms with van der Waals surface area (Å²) in [5.41, 5.74) is 1.04. The van der Waals surface area contributed by atoms with Crippen LogP contribution in [0.15, 0.2) is 102 Å². The summed E-state index contributed by atoms with van der Waals surface area (Å²) in [5.74, 6) is 0. The van der Waals surface area contributed by atoms with Crippen LogP contribution in [0.4, 0.5) is 0 Å². The van der Waals surface area contributed by atoms with Crippen LogP contribution < -0.4 is 15.9 Å². The Morgan fingerprint density at radius 3 is 1.62 bits per heavy atom. The van der Waals surface area contributed by atoms with E-state index in [1.54, 1.807) is 11.3 Å². The molecule has 2 nitrogen and oxygen atoms in total. The molecule has 0 unspecified atom stereocenters. The lowest BCUT2D eigenvalue weighted by molar-refractivity contribution is 0.221. The SMILES string of the molecule is CC[C@@H](/C=C/c1csc(C)n1)O[Si](C)(C)C(C)(C)C.I.c1ccc(P(c2ccccc2)c2ccccc2)cc1. The lowest BCUT2D eigenvalue weighted by Crippen LogP contribution is -2.43. The minimum Gasteiger partial charge on any atom is -0.411 e. The van der Waals surface area contributed by atoms with Gasteiger partial charge in [0.1, 0.15) is 0 Å². The van der Waals surface area contributed by atoms with E-state index in [2.05, 4.69) is 154 Å². The predicted molar refractivity (Wildman–Crippen MR) is 189 cm³/mol. The van der Waals surface area contributed by atoms with E-state index in [0.29, 0.717) is 0 Å². The van der Waals surface area contributed by atoms with Crippen molar-refractivity contribution in [2.24, 2.45) is 0 Å². The molecule has 0 saturated carbocycles. The van der Waals surface area contributed by atoms with Gasteiger partial charge in [-0.3, -0.25) is 0 Å². The van der Waals surface area contributed by atoms with Gasteiger partial charge in [-0.1, -0.05) is 125 Å². The van der Waals surface area contributed by atoms with Crippen LogP contribution in [-0.2, 0) is 4.43 Å². The molecule has 208 valence electrons. The van der Waals surface area contributed by atoms with Crippen molar-refractivity contribution in [3.8, 4) is 0 Å². The zero-order valence-corrected chi connectivity index (χ0v) is 29.3. The van der Waals surface area contributed by atoms with Crippen molar-refractivity contribution in [1.82, 2.24) is 4.98 Å². The predicted octanol–water partition coefficient (Wildman–Crippen LogP) is 9.33. The summed E-state index contributed by atoms with van der Waals surface area (Å²) in [7, 11) is -2.14. The number of benzene rings is 3. The first-order valence-corrected chi connectivity index (χ1v) is 18.5. The van der Waals surface area contributed by atoms with Crippen LogP contribution >= 0.6 is 43.2 Å². The van der Waals surface area contributed by atoms with Crippen molar-refractivity contribution in [2.75, 3.05) is 0 Å². The number of aryl methyl sites for hydroxylation is 1. The van der Waals surface area contributed by atoms with Gasteiger partial charge in [0.25, 0.3) is 0 Å². The molecular weight excluding hydrogens is 644 g/mol. The van der Waals surface area contributed by atoms with Gasteiger partial charge in [-0.15, -0.1) is 35.3 Å². The molecule has 4 rings (SSSR count). The maximum atomic E-state index is 6.41. The first kappa shape index (κ1) is 33.6. The highest BCUT2D eigenvalue weighted by atomic mass is 127. The third kappa shape index (κ3) is 10.4. The van der Waals surface area contributed by atoms with Crippen LogP contribution in [0.2, 0.25) is 18.1 Å². The number of halogens is 1. The van der Waals surface area contributed by atoms with Gasteiger partial charge in [0.2, 0.25) is 0 Å². The summed E-state index contributed by atoms with van der Waals surface area (Å²) >= 11 is 1.69. The molecule has 0 fully saturated rings. The second kappa shape index (κ2) is 16.0.